The van der Waals surface area contributed by atoms with E-state index < -0.39 is 39.9 Å². The van der Waals surface area contributed by atoms with Crippen molar-refractivity contribution in [3.63, 3.8) is 0 Å². The minimum atomic E-state index is -4.50. The highest BCUT2D eigenvalue weighted by Gasteiger charge is 2.30. The molecule has 0 unspecified atom stereocenters. The number of nitrogens with one attached hydrogen (secondary N) is 1. The minimum Gasteiger partial charge on any atom is -0.481 e. The number of carboxylic acids is 1. The summed E-state index contributed by atoms with van der Waals surface area (Å²) < 4.78 is 62.2. The fraction of sp³-hybridized carbons (Fsp3) is 0.364. The smallest absolute Gasteiger partial charge is 0.416 e. The molecular weight excluding hydrogens is 299 g/mol. The quantitative estimate of drug-likeness (QED) is 0.836. The molecule has 1 aromatic rings. The van der Waals surface area contributed by atoms with E-state index >= 15 is 0 Å². The molecule has 0 amide bonds. The van der Waals surface area contributed by atoms with Gasteiger partial charge in [-0.25, -0.2) is 13.1 Å². The van der Waals surface area contributed by atoms with E-state index in [0.29, 0.717) is 0 Å². The fourth-order valence-corrected chi connectivity index (χ4v) is 2.32. The summed E-state index contributed by atoms with van der Waals surface area (Å²) in [4.78, 5) is 10.3. The Labute approximate surface area is 113 Å². The van der Waals surface area contributed by atoms with Gasteiger partial charge in [0, 0.05) is 6.54 Å². The van der Waals surface area contributed by atoms with Crippen LogP contribution in [0.1, 0.15) is 17.5 Å². The Morgan fingerprint density at radius 3 is 2.50 bits per heavy atom. The maximum atomic E-state index is 12.4. The standard InChI is InChI=1S/C11H12F3NO4S/c12-11(13,14)9-3-1-2-8(6-9)7-15-20(18,19)5-4-10(16)17/h1-3,6,15H,4-5,7H2,(H,16,17). The van der Waals surface area contributed by atoms with E-state index in [1.54, 1.807) is 0 Å². The molecule has 0 atom stereocenters. The monoisotopic (exact) mass is 311 g/mol. The molecule has 0 aliphatic heterocycles. The molecule has 0 saturated carbocycles. The lowest BCUT2D eigenvalue weighted by Crippen LogP contribution is -2.27. The van der Waals surface area contributed by atoms with Gasteiger partial charge in [0.25, 0.3) is 0 Å². The van der Waals surface area contributed by atoms with E-state index in [1.165, 1.54) is 12.1 Å². The van der Waals surface area contributed by atoms with Crippen molar-refractivity contribution in [3.8, 4) is 0 Å². The van der Waals surface area contributed by atoms with Gasteiger partial charge in [-0.3, -0.25) is 4.79 Å². The first-order valence-electron chi connectivity index (χ1n) is 5.45. The molecule has 0 bridgehead atoms. The third-order valence-electron chi connectivity index (χ3n) is 2.34. The van der Waals surface area contributed by atoms with Crippen molar-refractivity contribution in [3.05, 3.63) is 35.4 Å². The molecule has 0 spiro atoms. The van der Waals surface area contributed by atoms with Crippen LogP contribution in [0.25, 0.3) is 0 Å². The Bertz CT molecular complexity index is 584. The lowest BCUT2D eigenvalue weighted by molar-refractivity contribution is -0.138. The van der Waals surface area contributed by atoms with Crippen molar-refractivity contribution in [2.24, 2.45) is 0 Å². The molecular formula is C11H12F3NO4S. The topological polar surface area (TPSA) is 83.5 Å². The number of carboxylic acid groups (broad SMARTS) is 1. The molecule has 0 heterocycles. The third kappa shape index (κ3) is 5.57. The van der Waals surface area contributed by atoms with E-state index in [1.807, 2.05) is 0 Å². The summed E-state index contributed by atoms with van der Waals surface area (Å²) in [6, 6.07) is 4.22. The molecule has 0 radical (unpaired) electrons. The molecule has 0 saturated heterocycles. The number of benzene rings is 1. The SMILES string of the molecule is O=C(O)CCS(=O)(=O)NCc1cccc(C(F)(F)F)c1. The normalized spacial score (nSPS) is 12.3. The van der Waals surface area contributed by atoms with Crippen LogP contribution in [0.3, 0.4) is 0 Å². The highest BCUT2D eigenvalue weighted by atomic mass is 32.2. The molecule has 0 fully saturated rings. The van der Waals surface area contributed by atoms with Crippen LogP contribution in [0.15, 0.2) is 24.3 Å². The summed E-state index contributed by atoms with van der Waals surface area (Å²) >= 11 is 0. The number of carbonyl (C=O) groups is 1. The number of hydrogen-bond donors (Lipinski definition) is 2. The van der Waals surface area contributed by atoms with E-state index in [0.717, 1.165) is 12.1 Å². The van der Waals surface area contributed by atoms with Crippen molar-refractivity contribution in [2.45, 2.75) is 19.1 Å². The summed E-state index contributed by atoms with van der Waals surface area (Å²) in [5.41, 5.74) is -0.738. The maximum Gasteiger partial charge on any atom is 0.416 e. The Balaban J connectivity index is 2.68. The van der Waals surface area contributed by atoms with Gasteiger partial charge in [0.1, 0.15) is 0 Å². The van der Waals surface area contributed by atoms with Gasteiger partial charge in [0.2, 0.25) is 10.0 Å². The molecule has 0 aromatic heterocycles. The zero-order valence-corrected chi connectivity index (χ0v) is 11.0. The summed E-state index contributed by atoms with van der Waals surface area (Å²) in [6.07, 6.45) is -5.07. The Hall–Kier alpha value is -1.61. The molecule has 20 heavy (non-hydrogen) atoms. The van der Waals surface area contributed by atoms with Gasteiger partial charge in [0.15, 0.2) is 0 Å². The molecule has 0 aliphatic rings. The number of hydrogen-bond acceptors (Lipinski definition) is 3. The largest absolute Gasteiger partial charge is 0.481 e. The van der Waals surface area contributed by atoms with E-state index in [-0.39, 0.29) is 12.1 Å². The first-order chi connectivity index (χ1) is 9.10. The first-order valence-corrected chi connectivity index (χ1v) is 7.11. The lowest BCUT2D eigenvalue weighted by atomic mass is 10.1. The van der Waals surface area contributed by atoms with E-state index in [4.69, 9.17) is 5.11 Å². The van der Waals surface area contributed by atoms with Crippen molar-refractivity contribution in [1.82, 2.24) is 4.72 Å². The Morgan fingerprint density at radius 2 is 1.95 bits per heavy atom. The Kier molecular flexibility index (Phi) is 5.12. The van der Waals surface area contributed by atoms with Crippen LogP contribution < -0.4 is 4.72 Å². The van der Waals surface area contributed by atoms with Gasteiger partial charge in [-0.15, -0.1) is 0 Å². The van der Waals surface area contributed by atoms with E-state index in [2.05, 4.69) is 4.72 Å². The van der Waals surface area contributed by atoms with Gasteiger partial charge < -0.3 is 5.11 Å². The summed E-state index contributed by atoms with van der Waals surface area (Å²) in [5, 5.41) is 8.37. The molecule has 2 N–H and O–H groups in total. The maximum absolute atomic E-state index is 12.4. The predicted molar refractivity (Wildman–Crippen MR) is 64.3 cm³/mol. The van der Waals surface area contributed by atoms with Crippen molar-refractivity contribution < 1.29 is 31.5 Å². The van der Waals surface area contributed by atoms with Crippen LogP contribution in [-0.2, 0) is 27.5 Å². The summed E-state index contributed by atoms with van der Waals surface area (Å²) in [5.74, 6) is -1.89. The second kappa shape index (κ2) is 6.23. The van der Waals surface area contributed by atoms with Crippen LogP contribution in [-0.4, -0.2) is 25.2 Å². The predicted octanol–water partition coefficient (Wildman–Crippen LogP) is 1.60. The van der Waals surface area contributed by atoms with Gasteiger partial charge in [0.05, 0.1) is 17.7 Å². The molecule has 1 rings (SSSR count). The second-order valence-electron chi connectivity index (χ2n) is 3.98. The van der Waals surface area contributed by atoms with Crippen LogP contribution in [0.2, 0.25) is 0 Å². The van der Waals surface area contributed by atoms with Crippen LogP contribution in [0.5, 0.6) is 0 Å². The average molecular weight is 311 g/mol. The molecule has 1 aromatic carbocycles. The van der Waals surface area contributed by atoms with Crippen molar-refractivity contribution in [1.29, 1.82) is 0 Å². The number of rotatable bonds is 6. The van der Waals surface area contributed by atoms with E-state index in [9.17, 15) is 26.4 Å². The molecule has 0 aliphatic carbocycles. The minimum absolute atomic E-state index is 0.138. The van der Waals surface area contributed by atoms with Gasteiger partial charge in [-0.2, -0.15) is 13.2 Å². The summed E-state index contributed by atoms with van der Waals surface area (Å²) in [6.45, 7) is -0.328. The Morgan fingerprint density at radius 1 is 1.30 bits per heavy atom. The highest BCUT2D eigenvalue weighted by molar-refractivity contribution is 7.89. The number of halogens is 3. The highest BCUT2D eigenvalue weighted by Crippen LogP contribution is 2.29. The average Bonchev–Trinajstić information content (AvgIpc) is 2.34. The van der Waals surface area contributed by atoms with Gasteiger partial charge >= 0.3 is 12.1 Å². The zero-order valence-electron chi connectivity index (χ0n) is 10.1. The zero-order chi connectivity index (χ0) is 15.4. The van der Waals surface area contributed by atoms with Gasteiger partial charge in [-0.05, 0) is 11.6 Å². The lowest BCUT2D eigenvalue weighted by Gasteiger charge is -2.09. The first kappa shape index (κ1) is 16.4. The molecule has 112 valence electrons. The number of alkyl halides is 3. The van der Waals surface area contributed by atoms with Crippen LogP contribution >= 0.6 is 0 Å². The third-order valence-corrected chi connectivity index (χ3v) is 3.66. The number of sulfonamides is 1. The van der Waals surface area contributed by atoms with Crippen LogP contribution in [0.4, 0.5) is 13.2 Å². The van der Waals surface area contributed by atoms with Crippen molar-refractivity contribution in [2.75, 3.05) is 5.75 Å². The molecule has 9 heteroatoms. The fourth-order valence-electron chi connectivity index (χ4n) is 1.34. The second-order valence-corrected chi connectivity index (χ2v) is 5.91. The number of aliphatic carboxylic acids is 1. The summed E-state index contributed by atoms with van der Waals surface area (Å²) in [7, 11) is -3.84. The van der Waals surface area contributed by atoms with Gasteiger partial charge in [-0.1, -0.05) is 18.2 Å². The van der Waals surface area contributed by atoms with Crippen LogP contribution in [0, 0.1) is 0 Å². The molecule has 5 nitrogen and oxygen atoms in total. The van der Waals surface area contributed by atoms with Crippen molar-refractivity contribution >= 4 is 16.0 Å².